The quantitative estimate of drug-likeness (QED) is 0.650. The average Bonchev–Trinajstić information content (AvgIpc) is 3.35. The first-order valence-electron chi connectivity index (χ1n) is 10.4. The van der Waals surface area contributed by atoms with Gasteiger partial charge in [-0.25, -0.2) is 4.79 Å². The zero-order chi connectivity index (χ0) is 21.1. The van der Waals surface area contributed by atoms with E-state index in [1.54, 1.807) is 4.57 Å². The third kappa shape index (κ3) is 4.11. The van der Waals surface area contributed by atoms with Crippen molar-refractivity contribution >= 4 is 22.6 Å². The summed E-state index contributed by atoms with van der Waals surface area (Å²) in [5, 5.41) is 2.91. The van der Waals surface area contributed by atoms with Crippen LogP contribution < -0.4 is 15.7 Å². The number of para-hydroxylation sites is 2. The third-order valence-corrected chi connectivity index (χ3v) is 5.40. The molecule has 0 radical (unpaired) electrons. The molecule has 158 valence electrons. The van der Waals surface area contributed by atoms with Gasteiger partial charge in [0.15, 0.2) is 0 Å². The number of carbonyl (C=O) groups excluding carboxylic acids is 1. The Hall–Kier alpha value is -3.06. The van der Waals surface area contributed by atoms with Gasteiger partial charge in [0, 0.05) is 13.2 Å². The fraction of sp³-hybridized carbons (Fsp3) is 0.391. The number of nitrogens with one attached hydrogen (secondary N) is 1. The number of nitrogens with zero attached hydrogens (tertiary/aromatic N) is 2. The molecule has 7 nitrogen and oxygen atoms in total. The Balaban J connectivity index is 1.53. The summed E-state index contributed by atoms with van der Waals surface area (Å²) in [6.45, 7) is 5.60. The van der Waals surface area contributed by atoms with Gasteiger partial charge in [-0.3, -0.25) is 13.9 Å². The second-order valence-electron chi connectivity index (χ2n) is 7.60. The van der Waals surface area contributed by atoms with Crippen molar-refractivity contribution in [3.05, 3.63) is 58.5 Å². The maximum absolute atomic E-state index is 12.8. The van der Waals surface area contributed by atoms with E-state index in [9.17, 15) is 9.59 Å². The molecule has 1 unspecified atom stereocenters. The number of imidazole rings is 1. The summed E-state index contributed by atoms with van der Waals surface area (Å²) in [4.78, 5) is 25.6. The normalized spacial score (nSPS) is 16.1. The van der Waals surface area contributed by atoms with Crippen molar-refractivity contribution in [1.82, 2.24) is 9.13 Å². The van der Waals surface area contributed by atoms with Crippen molar-refractivity contribution in [3.8, 4) is 5.75 Å². The zero-order valence-corrected chi connectivity index (χ0v) is 17.4. The number of benzene rings is 2. The van der Waals surface area contributed by atoms with Gasteiger partial charge < -0.3 is 14.8 Å². The summed E-state index contributed by atoms with van der Waals surface area (Å²) in [6, 6.07) is 13.2. The molecule has 3 aromatic rings. The summed E-state index contributed by atoms with van der Waals surface area (Å²) in [5.41, 5.74) is 3.02. The highest BCUT2D eigenvalue weighted by molar-refractivity contribution is 5.93. The molecule has 1 atom stereocenters. The average molecular weight is 409 g/mol. The molecule has 30 heavy (non-hydrogen) atoms. The Morgan fingerprint density at radius 1 is 1.20 bits per heavy atom. The Morgan fingerprint density at radius 2 is 1.97 bits per heavy atom. The monoisotopic (exact) mass is 409 g/mol. The summed E-state index contributed by atoms with van der Waals surface area (Å²) in [5.74, 6) is 0.337. The van der Waals surface area contributed by atoms with Gasteiger partial charge in [-0.1, -0.05) is 18.2 Å². The lowest BCUT2D eigenvalue weighted by molar-refractivity contribution is -0.116. The van der Waals surface area contributed by atoms with Crippen molar-refractivity contribution in [2.45, 2.75) is 45.9 Å². The minimum absolute atomic E-state index is 0.0641. The van der Waals surface area contributed by atoms with E-state index in [1.807, 2.05) is 56.3 Å². The molecular formula is C23H27N3O4. The van der Waals surface area contributed by atoms with Crippen molar-refractivity contribution in [2.24, 2.45) is 0 Å². The van der Waals surface area contributed by atoms with Crippen LogP contribution in [-0.4, -0.2) is 34.4 Å². The standard InChI is InChI=1S/C23H27N3O4/c1-3-25-19-8-4-5-9-20(19)26(23(25)28)14-22(27)24-18-11-10-16(2)13-21(18)30-15-17-7-6-12-29-17/h4-5,8-11,13,17H,3,6-7,12,14-15H2,1-2H3,(H,24,27). The molecule has 0 bridgehead atoms. The molecule has 4 rings (SSSR count). The number of hydrogen-bond acceptors (Lipinski definition) is 4. The predicted octanol–water partition coefficient (Wildman–Crippen LogP) is 3.33. The van der Waals surface area contributed by atoms with E-state index in [2.05, 4.69) is 5.32 Å². The Morgan fingerprint density at radius 3 is 2.67 bits per heavy atom. The molecule has 7 heteroatoms. The Labute approximate surface area is 175 Å². The molecule has 1 amide bonds. The largest absolute Gasteiger partial charge is 0.489 e. The number of fused-ring (bicyclic) bond motifs is 1. The molecule has 0 aliphatic carbocycles. The van der Waals surface area contributed by atoms with Gasteiger partial charge in [-0.2, -0.15) is 0 Å². The maximum atomic E-state index is 12.8. The number of rotatable bonds is 7. The minimum Gasteiger partial charge on any atom is -0.489 e. The molecule has 1 aromatic heterocycles. The summed E-state index contributed by atoms with van der Waals surface area (Å²) < 4.78 is 14.8. The topological polar surface area (TPSA) is 74.5 Å². The first-order chi connectivity index (χ1) is 14.6. The van der Waals surface area contributed by atoms with Crippen LogP contribution in [-0.2, 0) is 22.6 Å². The molecular weight excluding hydrogens is 382 g/mol. The SMILES string of the molecule is CCn1c(=O)n(CC(=O)Nc2ccc(C)cc2OCC2CCCO2)c2ccccc21. The molecule has 0 saturated carbocycles. The number of ether oxygens (including phenoxy) is 2. The van der Waals surface area contributed by atoms with Crippen molar-refractivity contribution in [1.29, 1.82) is 0 Å². The molecule has 1 fully saturated rings. The van der Waals surface area contributed by atoms with Gasteiger partial charge >= 0.3 is 5.69 Å². The number of aryl methyl sites for hydroxylation is 2. The van der Waals surface area contributed by atoms with E-state index in [1.165, 1.54) is 4.57 Å². The molecule has 1 saturated heterocycles. The van der Waals surface area contributed by atoms with Crippen LogP contribution in [0.5, 0.6) is 5.75 Å². The van der Waals surface area contributed by atoms with Gasteiger partial charge in [0.2, 0.25) is 5.91 Å². The molecule has 1 aliphatic rings. The van der Waals surface area contributed by atoms with Crippen LogP contribution >= 0.6 is 0 Å². The highest BCUT2D eigenvalue weighted by atomic mass is 16.5. The highest BCUT2D eigenvalue weighted by Crippen LogP contribution is 2.27. The van der Waals surface area contributed by atoms with Crippen LogP contribution in [0.25, 0.3) is 11.0 Å². The van der Waals surface area contributed by atoms with Gasteiger partial charge in [-0.05, 0) is 56.5 Å². The lowest BCUT2D eigenvalue weighted by atomic mass is 10.2. The number of aromatic nitrogens is 2. The second kappa shape index (κ2) is 8.75. The maximum Gasteiger partial charge on any atom is 0.329 e. The number of hydrogen-bond donors (Lipinski definition) is 1. The van der Waals surface area contributed by atoms with Crippen LogP contribution in [0.1, 0.15) is 25.3 Å². The van der Waals surface area contributed by atoms with Crippen LogP contribution in [0.2, 0.25) is 0 Å². The molecule has 1 N–H and O–H groups in total. The van der Waals surface area contributed by atoms with Crippen molar-refractivity contribution < 1.29 is 14.3 Å². The number of carbonyl (C=O) groups is 1. The zero-order valence-electron chi connectivity index (χ0n) is 17.4. The molecule has 2 heterocycles. The van der Waals surface area contributed by atoms with Gasteiger partial charge in [0.1, 0.15) is 18.9 Å². The van der Waals surface area contributed by atoms with Crippen LogP contribution in [0.4, 0.5) is 5.69 Å². The summed E-state index contributed by atoms with van der Waals surface area (Å²) in [7, 11) is 0. The van der Waals surface area contributed by atoms with E-state index < -0.39 is 0 Å². The summed E-state index contributed by atoms with van der Waals surface area (Å²) >= 11 is 0. The second-order valence-corrected chi connectivity index (χ2v) is 7.60. The molecule has 0 spiro atoms. The van der Waals surface area contributed by atoms with Gasteiger partial charge in [-0.15, -0.1) is 0 Å². The lowest BCUT2D eigenvalue weighted by Crippen LogP contribution is -2.29. The first kappa shape index (κ1) is 20.2. The Kier molecular flexibility index (Phi) is 5.90. The number of anilines is 1. The highest BCUT2D eigenvalue weighted by Gasteiger charge is 2.18. The fourth-order valence-corrected chi connectivity index (χ4v) is 3.87. The van der Waals surface area contributed by atoms with Crippen molar-refractivity contribution in [3.63, 3.8) is 0 Å². The molecule has 2 aromatic carbocycles. The third-order valence-electron chi connectivity index (χ3n) is 5.40. The van der Waals surface area contributed by atoms with E-state index >= 15 is 0 Å². The first-order valence-corrected chi connectivity index (χ1v) is 10.4. The van der Waals surface area contributed by atoms with E-state index in [-0.39, 0.29) is 24.2 Å². The number of amides is 1. The van der Waals surface area contributed by atoms with Gasteiger partial charge in [0.25, 0.3) is 0 Å². The molecule has 1 aliphatic heterocycles. The van der Waals surface area contributed by atoms with E-state index in [4.69, 9.17) is 9.47 Å². The van der Waals surface area contributed by atoms with E-state index in [0.717, 1.165) is 36.0 Å². The predicted molar refractivity (Wildman–Crippen MR) is 116 cm³/mol. The Bertz CT molecular complexity index is 1110. The minimum atomic E-state index is -0.276. The van der Waals surface area contributed by atoms with Crippen LogP contribution in [0, 0.1) is 6.92 Å². The van der Waals surface area contributed by atoms with Crippen LogP contribution in [0.15, 0.2) is 47.3 Å². The fourth-order valence-electron chi connectivity index (χ4n) is 3.87. The van der Waals surface area contributed by atoms with Crippen LogP contribution in [0.3, 0.4) is 0 Å². The lowest BCUT2D eigenvalue weighted by Gasteiger charge is -2.16. The smallest absolute Gasteiger partial charge is 0.329 e. The van der Waals surface area contributed by atoms with Crippen molar-refractivity contribution in [2.75, 3.05) is 18.5 Å². The van der Waals surface area contributed by atoms with Gasteiger partial charge in [0.05, 0.1) is 22.8 Å². The summed E-state index contributed by atoms with van der Waals surface area (Å²) in [6.07, 6.45) is 2.12. The van der Waals surface area contributed by atoms with E-state index in [0.29, 0.717) is 24.6 Å².